The van der Waals surface area contributed by atoms with Crippen LogP contribution in [-0.2, 0) is 23.1 Å². The maximum absolute atomic E-state index is 12.6. The molecular formula is C31H38N4O. The number of benzene rings is 1. The number of fused-ring (bicyclic) bond motifs is 6. The van der Waals surface area contributed by atoms with Crippen LogP contribution in [0.25, 0.3) is 22.3 Å². The summed E-state index contributed by atoms with van der Waals surface area (Å²) in [6, 6.07) is 4.36. The molecule has 1 aromatic carbocycles. The van der Waals surface area contributed by atoms with Crippen LogP contribution < -0.4 is 4.90 Å². The summed E-state index contributed by atoms with van der Waals surface area (Å²) in [6.07, 6.45) is 9.39. The summed E-state index contributed by atoms with van der Waals surface area (Å²) in [4.78, 5) is 18.0. The molecule has 1 atom stereocenters. The van der Waals surface area contributed by atoms with Crippen LogP contribution >= 0.6 is 0 Å². The van der Waals surface area contributed by atoms with Gasteiger partial charge in [0.25, 0.3) is 0 Å². The number of hydrogen-bond donors (Lipinski definition) is 2. The third-order valence-electron chi connectivity index (χ3n) is 7.30. The number of aromatic nitrogens is 3. The molecule has 3 aliphatic rings. The lowest BCUT2D eigenvalue weighted by Gasteiger charge is -2.16. The van der Waals surface area contributed by atoms with Crippen LogP contribution in [0.3, 0.4) is 0 Å². The highest BCUT2D eigenvalue weighted by Crippen LogP contribution is 2.45. The minimum atomic E-state index is -0.477. The van der Waals surface area contributed by atoms with E-state index in [4.69, 9.17) is 0 Å². The molecule has 1 aliphatic heterocycles. The molecule has 0 saturated heterocycles. The van der Waals surface area contributed by atoms with Gasteiger partial charge < -0.3 is 9.88 Å². The topological polar surface area (TPSA) is 64.8 Å². The fourth-order valence-corrected chi connectivity index (χ4v) is 5.26. The van der Waals surface area contributed by atoms with E-state index in [-0.39, 0.29) is 5.91 Å². The van der Waals surface area contributed by atoms with Gasteiger partial charge in [-0.1, -0.05) is 43.9 Å². The molecule has 5 heteroatoms. The zero-order chi connectivity index (χ0) is 26.2. The van der Waals surface area contributed by atoms with Crippen LogP contribution in [-0.4, -0.2) is 28.1 Å². The zero-order valence-corrected chi connectivity index (χ0v) is 22.9. The van der Waals surface area contributed by atoms with Gasteiger partial charge in [0.05, 0.1) is 11.1 Å². The molecule has 188 valence electrons. The Morgan fingerprint density at radius 2 is 1.86 bits per heavy atom. The van der Waals surface area contributed by atoms with E-state index in [1.165, 1.54) is 16.5 Å². The minimum Gasteiger partial charge on any atom is -0.353 e. The van der Waals surface area contributed by atoms with Crippen LogP contribution in [0.1, 0.15) is 70.3 Å². The summed E-state index contributed by atoms with van der Waals surface area (Å²) >= 11 is 0. The number of anilines is 1. The average Bonchev–Trinajstić information content (AvgIpc) is 3.33. The predicted molar refractivity (Wildman–Crippen MR) is 150 cm³/mol. The van der Waals surface area contributed by atoms with Gasteiger partial charge in [0.15, 0.2) is 0 Å². The fourth-order valence-electron chi connectivity index (χ4n) is 5.26. The van der Waals surface area contributed by atoms with Gasteiger partial charge >= 0.3 is 0 Å². The number of amides is 1. The molecule has 5 nitrogen and oxygen atoms in total. The summed E-state index contributed by atoms with van der Waals surface area (Å²) in [6.45, 7) is 14.2. The minimum absolute atomic E-state index is 0.159. The normalized spacial score (nSPS) is 18.8. The van der Waals surface area contributed by atoms with E-state index in [1.54, 1.807) is 4.90 Å². The first kappa shape index (κ1) is 25.6. The number of aromatic amines is 2. The quantitative estimate of drug-likeness (QED) is 0.347. The Morgan fingerprint density at radius 3 is 2.61 bits per heavy atom. The molecule has 1 amide bonds. The third kappa shape index (κ3) is 4.30. The highest BCUT2D eigenvalue weighted by molar-refractivity contribution is 6.10. The maximum atomic E-state index is 12.6. The van der Waals surface area contributed by atoms with Crippen molar-refractivity contribution in [2.75, 3.05) is 11.9 Å². The number of carbonyl (C=O) groups is 1. The number of aryl methyl sites for hydroxylation is 2. The number of rotatable bonds is 0. The Hall–Kier alpha value is -3.52. The number of nitrogens with one attached hydrogen (secondary N) is 2. The van der Waals surface area contributed by atoms with Gasteiger partial charge in [0.1, 0.15) is 5.69 Å². The third-order valence-corrected chi connectivity index (χ3v) is 7.30. The van der Waals surface area contributed by atoms with Crippen LogP contribution in [0.5, 0.6) is 0 Å². The Kier molecular flexibility index (Phi) is 7.00. The molecule has 0 spiro atoms. The van der Waals surface area contributed by atoms with E-state index in [2.05, 4.69) is 59.1 Å². The smallest absolute Gasteiger partial charge is 0.236 e. The van der Waals surface area contributed by atoms with Crippen molar-refractivity contribution in [3.05, 3.63) is 58.3 Å². The van der Waals surface area contributed by atoms with Crippen LogP contribution in [0.2, 0.25) is 0 Å². The second kappa shape index (κ2) is 9.85. The molecule has 6 rings (SSSR count). The monoisotopic (exact) mass is 482 g/mol. The molecule has 3 aromatic rings. The van der Waals surface area contributed by atoms with Gasteiger partial charge in [-0.2, -0.15) is 5.10 Å². The van der Waals surface area contributed by atoms with Gasteiger partial charge in [-0.05, 0) is 82.7 Å². The van der Waals surface area contributed by atoms with Gasteiger partial charge in [0.2, 0.25) is 5.91 Å². The molecule has 2 N–H and O–H groups in total. The molecule has 36 heavy (non-hydrogen) atoms. The van der Waals surface area contributed by atoms with Gasteiger partial charge in [0, 0.05) is 40.8 Å². The van der Waals surface area contributed by atoms with E-state index in [9.17, 15) is 4.79 Å². The molecule has 0 saturated carbocycles. The highest BCUT2D eigenvalue weighted by Gasteiger charge is 2.42. The molecular weight excluding hydrogens is 444 g/mol. The van der Waals surface area contributed by atoms with Crippen molar-refractivity contribution in [3.63, 3.8) is 0 Å². The summed E-state index contributed by atoms with van der Waals surface area (Å²) in [5.41, 5.74) is 9.93. The van der Waals surface area contributed by atoms with E-state index >= 15 is 0 Å². The van der Waals surface area contributed by atoms with E-state index in [0.29, 0.717) is 5.92 Å². The Bertz CT molecular complexity index is 1430. The molecule has 2 aromatic heterocycles. The predicted octanol–water partition coefficient (Wildman–Crippen LogP) is 6.78. The van der Waals surface area contributed by atoms with Gasteiger partial charge in [-0.3, -0.25) is 9.89 Å². The molecule has 2 aliphatic carbocycles. The summed E-state index contributed by atoms with van der Waals surface area (Å²) in [5.74, 6) is 6.71. The lowest BCUT2D eigenvalue weighted by Crippen LogP contribution is -2.33. The molecule has 3 heterocycles. The molecule has 0 bridgehead atoms. The van der Waals surface area contributed by atoms with E-state index in [1.807, 2.05) is 53.8 Å². The van der Waals surface area contributed by atoms with Crippen LogP contribution in [0.15, 0.2) is 35.9 Å². The Labute approximate surface area is 215 Å². The van der Waals surface area contributed by atoms with Crippen molar-refractivity contribution in [2.24, 2.45) is 5.92 Å². The van der Waals surface area contributed by atoms with E-state index < -0.39 is 5.41 Å². The largest absolute Gasteiger partial charge is 0.353 e. The second-order valence-corrected chi connectivity index (χ2v) is 10.2. The van der Waals surface area contributed by atoms with Crippen molar-refractivity contribution in [2.45, 2.75) is 73.1 Å². The van der Waals surface area contributed by atoms with Crippen molar-refractivity contribution < 1.29 is 4.79 Å². The SMILES string of the molecule is CC.CC1=CC=CC(C)C#C1.Cc1[nH]nc2c1CCCc1c-2[nH]c2cc3c(cc12)N(C)C(=O)C3(C)C. The Morgan fingerprint density at radius 1 is 1.14 bits per heavy atom. The van der Waals surface area contributed by atoms with Gasteiger partial charge in [-0.15, -0.1) is 0 Å². The Balaban J connectivity index is 0.000000234. The lowest BCUT2D eigenvalue weighted by molar-refractivity contribution is -0.121. The van der Waals surface area contributed by atoms with Crippen molar-refractivity contribution in [1.29, 1.82) is 0 Å². The van der Waals surface area contributed by atoms with Crippen molar-refractivity contribution >= 4 is 22.5 Å². The lowest BCUT2D eigenvalue weighted by atomic mass is 9.85. The fraction of sp³-hybridized carbons (Fsp3) is 0.419. The first-order valence-corrected chi connectivity index (χ1v) is 13.1. The number of hydrogen-bond acceptors (Lipinski definition) is 2. The standard InChI is InChI=1S/C20H22N4O.C9H10.C2H6/c1-10-11-6-5-7-12-13-8-16-14(20(2,3)19(25)24(16)4)9-15(13)21-17(12)18(11)23-22-10;1-8-4-3-5-9(2)7-6-8;1-2/h8-9,21H,5-7H2,1-4H3,(H,22,23);3-5,8H,1-2H3;1-2H3. The summed E-state index contributed by atoms with van der Waals surface area (Å²) in [5, 5.41) is 8.93. The van der Waals surface area contributed by atoms with Crippen LogP contribution in [0.4, 0.5) is 5.69 Å². The molecule has 0 fully saturated rings. The van der Waals surface area contributed by atoms with Crippen molar-refractivity contribution in [3.8, 4) is 23.2 Å². The second-order valence-electron chi connectivity index (χ2n) is 10.2. The maximum Gasteiger partial charge on any atom is 0.236 e. The highest BCUT2D eigenvalue weighted by atomic mass is 16.2. The molecule has 0 radical (unpaired) electrons. The van der Waals surface area contributed by atoms with Crippen molar-refractivity contribution in [1.82, 2.24) is 15.2 Å². The number of H-pyrrole nitrogens is 2. The first-order chi connectivity index (χ1) is 17.2. The first-order valence-electron chi connectivity index (χ1n) is 13.1. The zero-order valence-electron chi connectivity index (χ0n) is 22.9. The van der Waals surface area contributed by atoms with E-state index in [0.717, 1.165) is 58.7 Å². The number of allylic oxidation sites excluding steroid dienone is 4. The number of nitrogens with zero attached hydrogens (tertiary/aromatic N) is 2. The number of carbonyl (C=O) groups excluding carboxylic acids is 1. The average molecular weight is 483 g/mol. The number of likely N-dealkylation sites (N-methyl/N-ethyl adjacent to an activating group) is 1. The van der Waals surface area contributed by atoms with Crippen LogP contribution in [0, 0.1) is 24.7 Å². The molecule has 1 unspecified atom stereocenters. The van der Waals surface area contributed by atoms with Gasteiger partial charge in [-0.25, -0.2) is 0 Å². The summed E-state index contributed by atoms with van der Waals surface area (Å²) < 4.78 is 0. The summed E-state index contributed by atoms with van der Waals surface area (Å²) in [7, 11) is 1.88.